The van der Waals surface area contributed by atoms with Crippen molar-refractivity contribution < 1.29 is 4.39 Å². The van der Waals surface area contributed by atoms with Crippen molar-refractivity contribution in [3.63, 3.8) is 0 Å². The molecule has 0 saturated carbocycles. The van der Waals surface area contributed by atoms with Gasteiger partial charge in [-0.15, -0.1) is 0 Å². The molecule has 0 spiro atoms. The van der Waals surface area contributed by atoms with Crippen LogP contribution < -0.4 is 0 Å². The van der Waals surface area contributed by atoms with Crippen molar-refractivity contribution in [2.45, 2.75) is 0 Å². The summed E-state index contributed by atoms with van der Waals surface area (Å²) < 4.78 is 13.0. The second-order valence-corrected chi connectivity index (χ2v) is 3.62. The largest absolute Gasteiger partial charge is 0.230 e. The van der Waals surface area contributed by atoms with Crippen LogP contribution in [0.1, 0.15) is 0 Å². The highest BCUT2D eigenvalue weighted by Crippen LogP contribution is 2.24. The van der Waals surface area contributed by atoms with Gasteiger partial charge in [-0.25, -0.2) is 4.98 Å². The van der Waals surface area contributed by atoms with Gasteiger partial charge in [0.15, 0.2) is 5.51 Å². The molecular formula is C9H4ClFNS. The van der Waals surface area contributed by atoms with Crippen LogP contribution >= 0.6 is 22.9 Å². The van der Waals surface area contributed by atoms with Gasteiger partial charge in [0.25, 0.3) is 0 Å². The summed E-state index contributed by atoms with van der Waals surface area (Å²) in [5, 5.41) is 0.311. The lowest BCUT2D eigenvalue weighted by atomic mass is 10.2. The first-order chi connectivity index (χ1) is 6.27. The number of hydrogen-bond acceptors (Lipinski definition) is 2. The molecule has 0 aliphatic carbocycles. The molecule has 0 amide bonds. The van der Waals surface area contributed by atoms with Crippen molar-refractivity contribution in [1.29, 1.82) is 0 Å². The van der Waals surface area contributed by atoms with Gasteiger partial charge in [0.05, 0.1) is 0 Å². The molecule has 0 unspecified atom stereocenters. The summed E-state index contributed by atoms with van der Waals surface area (Å²) in [6.07, 6.45) is 0. The van der Waals surface area contributed by atoms with E-state index in [1.54, 1.807) is 24.3 Å². The molecule has 0 aliphatic heterocycles. The molecule has 0 saturated heterocycles. The Hall–Kier alpha value is -0.930. The maximum Gasteiger partial charge on any atom is 0.204 e. The van der Waals surface area contributed by atoms with Crippen LogP contribution in [0.25, 0.3) is 11.3 Å². The van der Waals surface area contributed by atoms with Crippen LogP contribution in [0.15, 0.2) is 24.3 Å². The number of hydrogen-bond donors (Lipinski definition) is 0. The molecule has 1 aromatic carbocycles. The minimum absolute atomic E-state index is 0.317. The highest BCUT2D eigenvalue weighted by atomic mass is 35.5. The number of aromatic nitrogens is 1. The molecule has 4 heteroatoms. The first kappa shape index (κ1) is 8.66. The van der Waals surface area contributed by atoms with Gasteiger partial charge >= 0.3 is 0 Å². The topological polar surface area (TPSA) is 12.9 Å². The lowest BCUT2D eigenvalue weighted by molar-refractivity contribution is 0.657. The average Bonchev–Trinajstić information content (AvgIpc) is 2.53. The fourth-order valence-electron chi connectivity index (χ4n) is 0.987. The minimum Gasteiger partial charge on any atom is -0.230 e. The number of rotatable bonds is 1. The van der Waals surface area contributed by atoms with Gasteiger partial charge in [0.2, 0.25) is 5.13 Å². The lowest BCUT2D eigenvalue weighted by Gasteiger charge is -1.95. The zero-order valence-electron chi connectivity index (χ0n) is 6.42. The van der Waals surface area contributed by atoms with Gasteiger partial charge in [-0.05, 0) is 12.1 Å². The molecule has 1 aromatic heterocycles. The normalized spacial score (nSPS) is 10.3. The third kappa shape index (κ3) is 1.71. The maximum absolute atomic E-state index is 13.0. The molecule has 2 aromatic rings. The molecule has 0 N–H and O–H groups in total. The first-order valence-electron chi connectivity index (χ1n) is 3.55. The van der Waals surface area contributed by atoms with Gasteiger partial charge in [-0.3, -0.25) is 0 Å². The first-order valence-corrected chi connectivity index (χ1v) is 4.75. The summed E-state index contributed by atoms with van der Waals surface area (Å²) >= 11 is 6.56. The van der Waals surface area contributed by atoms with Crippen LogP contribution in [-0.4, -0.2) is 4.98 Å². The molecule has 1 nitrogen and oxygen atoms in total. The summed E-state index contributed by atoms with van der Waals surface area (Å²) in [6, 6.07) is 6.87. The third-order valence-corrected chi connectivity index (χ3v) is 2.40. The molecule has 0 atom stereocenters. The van der Waals surface area contributed by atoms with E-state index in [0.717, 1.165) is 16.9 Å². The fourth-order valence-corrected chi connectivity index (χ4v) is 1.59. The Bertz CT molecular complexity index is 410. The van der Waals surface area contributed by atoms with Crippen LogP contribution in [0.5, 0.6) is 0 Å². The van der Waals surface area contributed by atoms with Crippen LogP contribution in [0.4, 0.5) is 4.39 Å². The van der Waals surface area contributed by atoms with Crippen LogP contribution in [0.2, 0.25) is 5.02 Å². The summed E-state index contributed by atoms with van der Waals surface area (Å²) in [4.78, 5) is 3.79. The maximum atomic E-state index is 13.0. The number of thiazole rings is 1. The molecule has 1 heterocycles. The third-order valence-electron chi connectivity index (χ3n) is 1.60. The Morgan fingerprint density at radius 3 is 2.54 bits per heavy atom. The zero-order valence-corrected chi connectivity index (χ0v) is 7.99. The van der Waals surface area contributed by atoms with Crippen LogP contribution in [0, 0.1) is 10.6 Å². The van der Waals surface area contributed by atoms with Crippen LogP contribution in [0.3, 0.4) is 0 Å². The molecule has 2 rings (SSSR count). The molecule has 0 aliphatic rings. The van der Waals surface area contributed by atoms with E-state index in [-0.39, 0.29) is 5.13 Å². The van der Waals surface area contributed by atoms with E-state index in [1.807, 2.05) is 0 Å². The van der Waals surface area contributed by atoms with E-state index < -0.39 is 0 Å². The molecular weight excluding hydrogens is 209 g/mol. The summed E-state index contributed by atoms with van der Waals surface area (Å²) in [6.45, 7) is 0. The molecule has 13 heavy (non-hydrogen) atoms. The zero-order chi connectivity index (χ0) is 9.26. The summed E-state index contributed by atoms with van der Waals surface area (Å²) in [7, 11) is 0. The van der Waals surface area contributed by atoms with Crippen LogP contribution in [-0.2, 0) is 0 Å². The Morgan fingerprint density at radius 1 is 1.31 bits per heavy atom. The highest BCUT2D eigenvalue weighted by Gasteiger charge is 2.07. The Balaban J connectivity index is 2.47. The Kier molecular flexibility index (Phi) is 2.29. The number of nitrogens with zero attached hydrogens (tertiary/aromatic N) is 1. The van der Waals surface area contributed by atoms with E-state index >= 15 is 0 Å². The van der Waals surface area contributed by atoms with Crippen molar-refractivity contribution in [3.8, 4) is 11.3 Å². The molecule has 0 bridgehead atoms. The second-order valence-electron chi connectivity index (χ2n) is 2.43. The Morgan fingerprint density at radius 2 is 2.00 bits per heavy atom. The van der Waals surface area contributed by atoms with Crippen molar-refractivity contribution in [2.75, 3.05) is 0 Å². The Labute approximate surface area is 83.8 Å². The van der Waals surface area contributed by atoms with Gasteiger partial charge in [0.1, 0.15) is 5.69 Å². The van der Waals surface area contributed by atoms with Gasteiger partial charge in [-0.1, -0.05) is 35.1 Å². The van der Waals surface area contributed by atoms with E-state index in [4.69, 9.17) is 11.6 Å². The van der Waals surface area contributed by atoms with E-state index in [1.165, 1.54) is 0 Å². The van der Waals surface area contributed by atoms with Gasteiger partial charge in [-0.2, -0.15) is 4.39 Å². The quantitative estimate of drug-likeness (QED) is 0.706. The highest BCUT2D eigenvalue weighted by molar-refractivity contribution is 7.07. The fraction of sp³-hybridized carbons (Fsp3) is 0. The molecule has 65 valence electrons. The predicted octanol–water partition coefficient (Wildman–Crippen LogP) is 3.40. The van der Waals surface area contributed by atoms with E-state index in [0.29, 0.717) is 10.7 Å². The van der Waals surface area contributed by atoms with Crippen molar-refractivity contribution in [2.24, 2.45) is 0 Å². The lowest BCUT2D eigenvalue weighted by Crippen LogP contribution is -1.79. The van der Waals surface area contributed by atoms with E-state index in [2.05, 4.69) is 10.5 Å². The van der Waals surface area contributed by atoms with Crippen molar-refractivity contribution >= 4 is 22.9 Å². The second kappa shape index (κ2) is 3.44. The minimum atomic E-state index is -0.317. The van der Waals surface area contributed by atoms with Crippen molar-refractivity contribution in [1.82, 2.24) is 4.98 Å². The number of halogens is 2. The SMILES string of the molecule is Fc1s[c]nc1-c1ccc(Cl)cc1. The smallest absolute Gasteiger partial charge is 0.204 e. The average molecular weight is 213 g/mol. The molecule has 0 fully saturated rings. The predicted molar refractivity (Wildman–Crippen MR) is 51.4 cm³/mol. The molecule has 1 radical (unpaired) electrons. The van der Waals surface area contributed by atoms with E-state index in [9.17, 15) is 4.39 Å². The number of benzene rings is 1. The van der Waals surface area contributed by atoms with Gasteiger partial charge in [0, 0.05) is 10.6 Å². The summed E-state index contributed by atoms with van der Waals surface area (Å²) in [5.74, 6) is 0. The standard InChI is InChI=1S/C9H4ClFNS/c10-7-3-1-6(2-4-7)8-9(11)13-5-12-8/h1-4H. The van der Waals surface area contributed by atoms with Crippen molar-refractivity contribution in [3.05, 3.63) is 39.9 Å². The summed E-state index contributed by atoms with van der Waals surface area (Å²) in [5.41, 5.74) is 3.55. The van der Waals surface area contributed by atoms with Gasteiger partial charge < -0.3 is 0 Å². The monoisotopic (exact) mass is 212 g/mol.